The number of nitrogens with zero attached hydrogens (tertiary/aromatic N) is 2. The molecule has 144 valence electrons. The summed E-state index contributed by atoms with van der Waals surface area (Å²) in [6, 6.07) is 11.3. The molecule has 0 spiro atoms. The summed E-state index contributed by atoms with van der Waals surface area (Å²) in [6.45, 7) is 6.12. The zero-order valence-corrected chi connectivity index (χ0v) is 16.3. The molecule has 6 heteroatoms. The average molecular weight is 370 g/mol. The number of hydrogen-bond acceptors (Lipinski definition) is 5. The normalized spacial score (nSPS) is 11.6. The molecule has 0 N–H and O–H groups in total. The Labute approximate surface area is 160 Å². The van der Waals surface area contributed by atoms with Crippen LogP contribution in [-0.2, 0) is 20.9 Å². The van der Waals surface area contributed by atoms with Gasteiger partial charge >= 0.3 is 5.97 Å². The zero-order chi connectivity index (χ0) is 19.8. The number of aromatic nitrogens is 1. The Morgan fingerprint density at radius 1 is 1.15 bits per heavy atom. The first-order chi connectivity index (χ1) is 12.9. The summed E-state index contributed by atoms with van der Waals surface area (Å²) in [4.78, 5) is 30.4. The van der Waals surface area contributed by atoms with Gasteiger partial charge in [-0.05, 0) is 43.2 Å². The van der Waals surface area contributed by atoms with Crippen molar-refractivity contribution in [3.63, 3.8) is 0 Å². The molecule has 0 saturated carbocycles. The minimum atomic E-state index is -0.441. The molecular formula is C21H26N2O4. The number of methoxy groups -OCH3 is 1. The van der Waals surface area contributed by atoms with Crippen molar-refractivity contribution in [2.24, 2.45) is 5.92 Å². The molecule has 1 heterocycles. The second-order valence-electron chi connectivity index (χ2n) is 6.51. The van der Waals surface area contributed by atoms with Gasteiger partial charge in [-0.3, -0.25) is 14.6 Å². The first-order valence-corrected chi connectivity index (χ1v) is 8.87. The number of amides is 1. The molecular weight excluding hydrogens is 344 g/mol. The van der Waals surface area contributed by atoms with Gasteiger partial charge in [-0.1, -0.05) is 25.1 Å². The second-order valence-corrected chi connectivity index (χ2v) is 6.51. The maximum atomic E-state index is 12.8. The lowest BCUT2D eigenvalue weighted by Crippen LogP contribution is -2.39. The number of ether oxygens (including phenoxy) is 2. The van der Waals surface area contributed by atoms with E-state index in [1.807, 2.05) is 50.2 Å². The number of benzene rings is 1. The Bertz CT molecular complexity index is 777. The van der Waals surface area contributed by atoms with Crippen LogP contribution in [0.25, 0.3) is 0 Å². The lowest BCUT2D eigenvalue weighted by atomic mass is 10.1. The van der Waals surface area contributed by atoms with Crippen molar-refractivity contribution in [2.45, 2.75) is 27.3 Å². The fourth-order valence-electron chi connectivity index (χ4n) is 2.66. The minimum Gasteiger partial charge on any atom is -0.483 e. The smallest absolute Gasteiger partial charge is 0.310 e. The maximum Gasteiger partial charge on any atom is 0.310 e. The molecule has 0 radical (unpaired) electrons. The van der Waals surface area contributed by atoms with E-state index in [0.29, 0.717) is 12.3 Å². The molecule has 27 heavy (non-hydrogen) atoms. The van der Waals surface area contributed by atoms with Gasteiger partial charge < -0.3 is 14.4 Å². The third kappa shape index (κ3) is 5.81. The molecule has 0 bridgehead atoms. The van der Waals surface area contributed by atoms with Crippen molar-refractivity contribution in [1.82, 2.24) is 9.88 Å². The van der Waals surface area contributed by atoms with Gasteiger partial charge in [0.05, 0.1) is 25.3 Å². The van der Waals surface area contributed by atoms with Crippen LogP contribution in [0.4, 0.5) is 0 Å². The third-order valence-electron chi connectivity index (χ3n) is 4.44. The summed E-state index contributed by atoms with van der Waals surface area (Å²) < 4.78 is 10.5. The molecule has 0 aliphatic rings. The van der Waals surface area contributed by atoms with Gasteiger partial charge in [0, 0.05) is 12.7 Å². The molecule has 1 amide bonds. The van der Waals surface area contributed by atoms with Crippen molar-refractivity contribution in [3.05, 3.63) is 59.4 Å². The lowest BCUT2D eigenvalue weighted by molar-refractivity contribution is -0.147. The Morgan fingerprint density at radius 2 is 1.93 bits per heavy atom. The number of hydrogen-bond donors (Lipinski definition) is 0. The first kappa shape index (κ1) is 20.4. The molecule has 0 saturated heterocycles. The Balaban J connectivity index is 2.09. The second kappa shape index (κ2) is 9.71. The number of carbonyl (C=O) groups is 2. The molecule has 0 aliphatic heterocycles. The average Bonchev–Trinajstić information content (AvgIpc) is 2.68. The highest BCUT2D eigenvalue weighted by molar-refractivity contribution is 5.79. The van der Waals surface area contributed by atoms with E-state index in [-0.39, 0.29) is 25.0 Å². The van der Waals surface area contributed by atoms with Crippen LogP contribution < -0.4 is 4.74 Å². The largest absolute Gasteiger partial charge is 0.483 e. The van der Waals surface area contributed by atoms with E-state index in [2.05, 4.69) is 4.98 Å². The fourth-order valence-corrected chi connectivity index (χ4v) is 2.66. The summed E-state index contributed by atoms with van der Waals surface area (Å²) in [5, 5.41) is 0. The predicted octanol–water partition coefficient (Wildman–Crippen LogP) is 2.92. The van der Waals surface area contributed by atoms with Crippen molar-refractivity contribution >= 4 is 11.9 Å². The van der Waals surface area contributed by atoms with E-state index in [9.17, 15) is 9.59 Å². The highest BCUT2D eigenvalue weighted by Crippen LogP contribution is 2.20. The van der Waals surface area contributed by atoms with E-state index in [1.54, 1.807) is 18.0 Å². The van der Waals surface area contributed by atoms with Crippen LogP contribution in [0, 0.1) is 19.8 Å². The summed E-state index contributed by atoms with van der Waals surface area (Å²) in [6.07, 6.45) is 1.67. The van der Waals surface area contributed by atoms with Gasteiger partial charge in [-0.25, -0.2) is 0 Å². The predicted molar refractivity (Wildman–Crippen MR) is 102 cm³/mol. The monoisotopic (exact) mass is 370 g/mol. The minimum absolute atomic E-state index is 0.106. The lowest BCUT2D eigenvalue weighted by Gasteiger charge is -2.25. The summed E-state index contributed by atoms with van der Waals surface area (Å²) in [5.74, 6) is -0.327. The highest BCUT2D eigenvalue weighted by atomic mass is 16.5. The Kier molecular flexibility index (Phi) is 7.34. The first-order valence-electron chi connectivity index (χ1n) is 8.87. The molecule has 0 fully saturated rings. The number of aryl methyl sites for hydroxylation is 1. The summed E-state index contributed by atoms with van der Waals surface area (Å²) in [5.41, 5.74) is 2.85. The van der Waals surface area contributed by atoms with Crippen LogP contribution in [0.15, 0.2) is 42.6 Å². The summed E-state index contributed by atoms with van der Waals surface area (Å²) in [7, 11) is 1.34. The number of rotatable bonds is 8. The quantitative estimate of drug-likeness (QED) is 0.668. The van der Waals surface area contributed by atoms with E-state index in [4.69, 9.17) is 9.47 Å². The Hall–Kier alpha value is -2.89. The molecule has 0 aliphatic carbocycles. The molecule has 1 aromatic carbocycles. The zero-order valence-electron chi connectivity index (χ0n) is 16.3. The van der Waals surface area contributed by atoms with Gasteiger partial charge in [0.25, 0.3) is 5.91 Å². The molecule has 1 atom stereocenters. The molecule has 6 nitrogen and oxygen atoms in total. The molecule has 2 rings (SSSR count). The third-order valence-corrected chi connectivity index (χ3v) is 4.44. The van der Waals surface area contributed by atoms with Crippen molar-refractivity contribution in [2.75, 3.05) is 20.3 Å². The topological polar surface area (TPSA) is 68.7 Å². The molecule has 1 unspecified atom stereocenters. The maximum absolute atomic E-state index is 12.8. The van der Waals surface area contributed by atoms with Crippen LogP contribution in [-0.4, -0.2) is 42.0 Å². The van der Waals surface area contributed by atoms with Gasteiger partial charge in [0.2, 0.25) is 0 Å². The number of carbonyl (C=O) groups excluding carboxylic acids is 2. The van der Waals surface area contributed by atoms with Gasteiger partial charge in [0.15, 0.2) is 6.61 Å². The van der Waals surface area contributed by atoms with E-state index in [1.165, 1.54) is 7.11 Å². The fraction of sp³-hybridized carbons (Fsp3) is 0.381. The van der Waals surface area contributed by atoms with Crippen LogP contribution in [0.1, 0.15) is 23.7 Å². The number of pyridine rings is 1. The van der Waals surface area contributed by atoms with Crippen molar-refractivity contribution < 1.29 is 19.1 Å². The molecule has 2 aromatic rings. The summed E-state index contributed by atoms with van der Waals surface area (Å²) >= 11 is 0. The van der Waals surface area contributed by atoms with E-state index in [0.717, 1.165) is 16.8 Å². The van der Waals surface area contributed by atoms with Crippen molar-refractivity contribution in [3.8, 4) is 5.75 Å². The SMILES string of the molecule is COC(=O)C(C)CN(Cc1ccccn1)C(=O)COc1cccc(C)c1C. The standard InChI is InChI=1S/C21H26N2O4/c1-15-8-7-10-19(17(15)3)27-14-20(24)23(12-16(2)21(25)26-4)13-18-9-5-6-11-22-18/h5-11,16H,12-14H2,1-4H3. The van der Waals surface area contributed by atoms with Crippen LogP contribution in [0.5, 0.6) is 5.75 Å². The van der Waals surface area contributed by atoms with Crippen LogP contribution >= 0.6 is 0 Å². The van der Waals surface area contributed by atoms with Gasteiger partial charge in [-0.2, -0.15) is 0 Å². The van der Waals surface area contributed by atoms with Gasteiger partial charge in [0.1, 0.15) is 5.75 Å². The highest BCUT2D eigenvalue weighted by Gasteiger charge is 2.22. The van der Waals surface area contributed by atoms with E-state index < -0.39 is 5.92 Å². The van der Waals surface area contributed by atoms with Gasteiger partial charge in [-0.15, -0.1) is 0 Å². The Morgan fingerprint density at radius 3 is 2.59 bits per heavy atom. The van der Waals surface area contributed by atoms with Crippen LogP contribution in [0.2, 0.25) is 0 Å². The van der Waals surface area contributed by atoms with E-state index >= 15 is 0 Å². The molecule has 1 aromatic heterocycles. The van der Waals surface area contributed by atoms with Crippen LogP contribution in [0.3, 0.4) is 0 Å². The number of esters is 1. The van der Waals surface area contributed by atoms with Crippen molar-refractivity contribution in [1.29, 1.82) is 0 Å².